The zero-order chi connectivity index (χ0) is 12.1. The van der Waals surface area contributed by atoms with Gasteiger partial charge in [0.05, 0.1) is 12.2 Å². The van der Waals surface area contributed by atoms with E-state index >= 15 is 0 Å². The van der Waals surface area contributed by atoms with Crippen molar-refractivity contribution in [3.05, 3.63) is 0 Å². The Bertz CT molecular complexity index is 173. The number of hydrogen-bond acceptors (Lipinski definition) is 2. The summed E-state index contributed by atoms with van der Waals surface area (Å²) < 4.78 is 6.00. The van der Waals surface area contributed by atoms with E-state index in [4.69, 9.17) is 10.5 Å². The molecule has 0 radical (unpaired) electrons. The van der Waals surface area contributed by atoms with E-state index in [9.17, 15) is 0 Å². The van der Waals surface area contributed by atoms with Crippen molar-refractivity contribution in [3.8, 4) is 0 Å². The van der Waals surface area contributed by atoms with Crippen LogP contribution in [0.25, 0.3) is 0 Å². The van der Waals surface area contributed by atoms with Gasteiger partial charge in [0.25, 0.3) is 0 Å². The first kappa shape index (κ1) is 14.9. The molecule has 2 unspecified atom stereocenters. The molecule has 2 nitrogen and oxygen atoms in total. The van der Waals surface area contributed by atoms with Crippen molar-refractivity contribution >= 4 is 0 Å². The van der Waals surface area contributed by atoms with Crippen LogP contribution in [0.4, 0.5) is 0 Å². The van der Waals surface area contributed by atoms with Crippen LogP contribution < -0.4 is 5.73 Å². The molecule has 0 saturated carbocycles. The molecule has 2 atom stereocenters. The zero-order valence-corrected chi connectivity index (χ0v) is 11.4. The topological polar surface area (TPSA) is 35.2 Å². The molecule has 0 rings (SSSR count). The van der Waals surface area contributed by atoms with Gasteiger partial charge in [-0.25, -0.2) is 0 Å². The monoisotopic (exact) mass is 215 g/mol. The van der Waals surface area contributed by atoms with Crippen LogP contribution in [0.3, 0.4) is 0 Å². The molecule has 0 aromatic heterocycles. The van der Waals surface area contributed by atoms with E-state index in [1.807, 2.05) is 0 Å². The fourth-order valence-corrected chi connectivity index (χ4v) is 1.32. The van der Waals surface area contributed by atoms with E-state index in [1.165, 1.54) is 0 Å². The van der Waals surface area contributed by atoms with Crippen molar-refractivity contribution in [1.82, 2.24) is 0 Å². The van der Waals surface area contributed by atoms with Gasteiger partial charge in [-0.15, -0.1) is 0 Å². The van der Waals surface area contributed by atoms with E-state index in [2.05, 4.69) is 41.5 Å². The maximum Gasteiger partial charge on any atom is 0.0649 e. The molecule has 2 heteroatoms. The molecule has 0 aromatic carbocycles. The molecule has 0 fully saturated rings. The van der Waals surface area contributed by atoms with Gasteiger partial charge in [-0.3, -0.25) is 0 Å². The summed E-state index contributed by atoms with van der Waals surface area (Å²) in [5, 5.41) is 0. The van der Waals surface area contributed by atoms with E-state index in [-0.39, 0.29) is 11.1 Å². The molecular formula is C13H29NO. The first-order valence-corrected chi connectivity index (χ1v) is 6.24. The summed E-state index contributed by atoms with van der Waals surface area (Å²) >= 11 is 0. The van der Waals surface area contributed by atoms with E-state index in [0.29, 0.717) is 5.92 Å². The quantitative estimate of drug-likeness (QED) is 0.707. The van der Waals surface area contributed by atoms with E-state index in [1.54, 1.807) is 0 Å². The third kappa shape index (κ3) is 4.52. The van der Waals surface area contributed by atoms with Crippen LogP contribution in [0.15, 0.2) is 0 Å². The van der Waals surface area contributed by atoms with Crippen LogP contribution in [0.1, 0.15) is 60.8 Å². The summed E-state index contributed by atoms with van der Waals surface area (Å²) in [6, 6.07) is 0. The standard InChI is InChI=1S/C13H29NO/c1-7-12(5,8-2)15-10-11(4)13(6,14)9-3/h11H,7-10,14H2,1-6H3. The SMILES string of the molecule is CCC(C)(CC)OCC(C)C(C)(N)CC. The highest BCUT2D eigenvalue weighted by Crippen LogP contribution is 2.24. The van der Waals surface area contributed by atoms with Crippen LogP contribution in [-0.2, 0) is 4.74 Å². The normalized spacial score (nSPS) is 18.6. The van der Waals surface area contributed by atoms with Gasteiger partial charge in [0, 0.05) is 5.54 Å². The van der Waals surface area contributed by atoms with Crippen molar-refractivity contribution < 1.29 is 4.74 Å². The van der Waals surface area contributed by atoms with Crippen LogP contribution in [0.2, 0.25) is 0 Å². The molecule has 0 aliphatic carbocycles. The maximum atomic E-state index is 6.19. The molecule has 2 N–H and O–H groups in total. The Balaban J connectivity index is 4.15. The average molecular weight is 215 g/mol. The predicted molar refractivity (Wildman–Crippen MR) is 67.0 cm³/mol. The highest BCUT2D eigenvalue weighted by Gasteiger charge is 2.27. The average Bonchev–Trinajstić information content (AvgIpc) is 2.25. The van der Waals surface area contributed by atoms with Crippen LogP contribution in [0.5, 0.6) is 0 Å². The van der Waals surface area contributed by atoms with Crippen LogP contribution in [0, 0.1) is 5.92 Å². The van der Waals surface area contributed by atoms with Gasteiger partial charge in [-0.1, -0.05) is 27.7 Å². The summed E-state index contributed by atoms with van der Waals surface area (Å²) in [6.45, 7) is 13.7. The van der Waals surface area contributed by atoms with Gasteiger partial charge in [0.15, 0.2) is 0 Å². The summed E-state index contributed by atoms with van der Waals surface area (Å²) in [7, 11) is 0. The number of nitrogens with two attached hydrogens (primary N) is 1. The second-order valence-electron chi connectivity index (χ2n) is 5.23. The van der Waals surface area contributed by atoms with Crippen molar-refractivity contribution in [2.24, 2.45) is 11.7 Å². The number of rotatable bonds is 7. The Hall–Kier alpha value is -0.0800. The smallest absolute Gasteiger partial charge is 0.0649 e. The molecule has 92 valence electrons. The lowest BCUT2D eigenvalue weighted by Gasteiger charge is -2.34. The Morgan fingerprint density at radius 1 is 1.07 bits per heavy atom. The first-order chi connectivity index (χ1) is 6.81. The molecule has 0 aliphatic rings. The fourth-order valence-electron chi connectivity index (χ4n) is 1.32. The van der Waals surface area contributed by atoms with Gasteiger partial charge < -0.3 is 10.5 Å². The lowest BCUT2D eigenvalue weighted by atomic mass is 9.86. The molecule has 0 amide bonds. The Kier molecular flexibility index (Phi) is 5.82. The van der Waals surface area contributed by atoms with Gasteiger partial charge in [0.2, 0.25) is 0 Å². The molecule has 0 spiro atoms. The number of ether oxygens (including phenoxy) is 1. The zero-order valence-electron chi connectivity index (χ0n) is 11.4. The van der Waals surface area contributed by atoms with Crippen molar-refractivity contribution in [2.45, 2.75) is 71.9 Å². The predicted octanol–water partition coefficient (Wildman–Crippen LogP) is 3.35. The molecular weight excluding hydrogens is 186 g/mol. The molecule has 0 bridgehead atoms. The van der Waals surface area contributed by atoms with Crippen molar-refractivity contribution in [1.29, 1.82) is 0 Å². The molecule has 0 aromatic rings. The molecule has 0 saturated heterocycles. The Labute approximate surface area is 95.6 Å². The molecule has 15 heavy (non-hydrogen) atoms. The Morgan fingerprint density at radius 3 is 1.87 bits per heavy atom. The minimum atomic E-state index is -0.109. The van der Waals surface area contributed by atoms with Crippen molar-refractivity contribution in [3.63, 3.8) is 0 Å². The molecule has 0 heterocycles. The maximum absolute atomic E-state index is 6.19. The third-order valence-corrected chi connectivity index (χ3v) is 4.07. The van der Waals surface area contributed by atoms with Gasteiger partial charge in [-0.2, -0.15) is 0 Å². The number of hydrogen-bond donors (Lipinski definition) is 1. The fraction of sp³-hybridized carbons (Fsp3) is 1.00. The van der Waals surface area contributed by atoms with E-state index in [0.717, 1.165) is 25.9 Å². The highest BCUT2D eigenvalue weighted by molar-refractivity contribution is 4.83. The minimum Gasteiger partial charge on any atom is -0.375 e. The summed E-state index contributed by atoms with van der Waals surface area (Å²) in [5.41, 5.74) is 6.11. The lowest BCUT2D eigenvalue weighted by molar-refractivity contribution is -0.0599. The highest BCUT2D eigenvalue weighted by atomic mass is 16.5. The largest absolute Gasteiger partial charge is 0.375 e. The van der Waals surface area contributed by atoms with Crippen molar-refractivity contribution in [2.75, 3.05) is 6.61 Å². The Morgan fingerprint density at radius 2 is 1.53 bits per heavy atom. The lowest BCUT2D eigenvalue weighted by Crippen LogP contribution is -2.45. The molecule has 0 aliphatic heterocycles. The van der Waals surface area contributed by atoms with Gasteiger partial charge in [-0.05, 0) is 39.0 Å². The van der Waals surface area contributed by atoms with Crippen LogP contribution >= 0.6 is 0 Å². The van der Waals surface area contributed by atoms with Gasteiger partial charge >= 0.3 is 0 Å². The summed E-state index contributed by atoms with van der Waals surface area (Å²) in [5.74, 6) is 0.403. The summed E-state index contributed by atoms with van der Waals surface area (Å²) in [4.78, 5) is 0. The van der Waals surface area contributed by atoms with Crippen LogP contribution in [-0.4, -0.2) is 17.7 Å². The first-order valence-electron chi connectivity index (χ1n) is 6.24. The second-order valence-corrected chi connectivity index (χ2v) is 5.23. The minimum absolute atomic E-state index is 0.0259. The van der Waals surface area contributed by atoms with Gasteiger partial charge in [0.1, 0.15) is 0 Å². The van der Waals surface area contributed by atoms with E-state index < -0.39 is 0 Å². The second kappa shape index (κ2) is 5.86. The third-order valence-electron chi connectivity index (χ3n) is 4.07. The summed E-state index contributed by atoms with van der Waals surface area (Å²) in [6.07, 6.45) is 3.11.